The number of nitrogens with one attached hydrogen (secondary N) is 2. The van der Waals surface area contributed by atoms with Crippen molar-refractivity contribution in [1.82, 2.24) is 0 Å². The summed E-state index contributed by atoms with van der Waals surface area (Å²) in [7, 11) is 0. The Hall–Kier alpha value is -1.14. The van der Waals surface area contributed by atoms with Crippen molar-refractivity contribution in [2.24, 2.45) is 11.8 Å². The van der Waals surface area contributed by atoms with E-state index in [1.807, 2.05) is 0 Å². The summed E-state index contributed by atoms with van der Waals surface area (Å²) in [6, 6.07) is 9.91. The van der Waals surface area contributed by atoms with Crippen LogP contribution in [0.3, 0.4) is 0 Å². The minimum atomic E-state index is 0.393. The Kier molecular flexibility index (Phi) is 23.9. The molecule has 6 heteroatoms. The van der Waals surface area contributed by atoms with Gasteiger partial charge in [-0.1, -0.05) is 105 Å². The van der Waals surface area contributed by atoms with Crippen molar-refractivity contribution in [2.75, 3.05) is 10.6 Å². The Morgan fingerprint density at radius 1 is 0.417 bits per heavy atom. The van der Waals surface area contributed by atoms with E-state index in [0.717, 1.165) is 11.8 Å². The number of unbranched alkanes of at least 4 members (excludes halogenated alkanes) is 13. The lowest BCUT2D eigenvalue weighted by Crippen LogP contribution is -2.35. The van der Waals surface area contributed by atoms with E-state index in [0.29, 0.717) is 22.0 Å². The van der Waals surface area contributed by atoms with E-state index >= 15 is 0 Å². The summed E-state index contributed by atoms with van der Waals surface area (Å²) >= 11 is 7.82. The first-order valence-electron chi connectivity index (χ1n) is 20.0. The highest BCUT2D eigenvalue weighted by Gasteiger charge is 2.15. The fourth-order valence-corrected chi connectivity index (χ4v) is 7.56. The van der Waals surface area contributed by atoms with Crippen LogP contribution in [0.15, 0.2) is 49.1 Å². The smallest absolute Gasteiger partial charge is 0.211 e. The summed E-state index contributed by atoms with van der Waals surface area (Å²) < 4.78 is 4.60. The molecule has 48 heavy (non-hydrogen) atoms. The molecule has 4 unspecified atom stereocenters. The van der Waals surface area contributed by atoms with Gasteiger partial charge in [-0.2, -0.15) is 9.13 Å². The standard InChI is InChI=1S/C42H72Br2N4/c1-35(2)23-25-37(5)45-39-27-31-47(32-28-39)41(43)21-19-17-15-13-11-9-7-8-10-12-14-16-18-20-22-42(44)48-33-29-40(30-34-48)46-38(6)26-24-36(3)4/h27-38,41-42H,7-26H2,1-6H3/p+2. The summed E-state index contributed by atoms with van der Waals surface area (Å²) in [5.74, 6) is 1.54. The zero-order chi connectivity index (χ0) is 35.0. The van der Waals surface area contributed by atoms with Crippen LogP contribution in [0.25, 0.3) is 0 Å². The molecule has 0 bridgehead atoms. The normalized spacial score (nSPS) is 14.3. The van der Waals surface area contributed by atoms with Crippen molar-refractivity contribution in [2.45, 2.75) is 192 Å². The molecule has 2 heterocycles. The quantitative estimate of drug-likeness (QED) is 0.0488. The van der Waals surface area contributed by atoms with E-state index in [1.54, 1.807) is 0 Å². The molecule has 0 saturated carbocycles. The highest BCUT2D eigenvalue weighted by atomic mass is 79.9. The minimum absolute atomic E-state index is 0.393. The first kappa shape index (κ1) is 43.0. The third-order valence-corrected chi connectivity index (χ3v) is 11.5. The third-order valence-electron chi connectivity index (χ3n) is 9.67. The summed E-state index contributed by atoms with van der Waals surface area (Å²) in [4.78, 5) is 0.786. The SMILES string of the molecule is CC(C)CCC(C)Nc1cc[n+](C(Br)CCCCCCCCCCCCCCCCC(Br)[n+]2ccc(NC(C)CCC(C)C)cc2)cc1. The lowest BCUT2D eigenvalue weighted by Gasteiger charge is -2.16. The molecule has 0 saturated heterocycles. The van der Waals surface area contributed by atoms with Gasteiger partial charge in [0.1, 0.15) is 0 Å². The second-order valence-electron chi connectivity index (χ2n) is 15.5. The molecular weight excluding hydrogens is 720 g/mol. The molecule has 2 aromatic rings. The van der Waals surface area contributed by atoms with E-state index in [2.05, 4.69) is 142 Å². The van der Waals surface area contributed by atoms with Gasteiger partial charge in [-0.05, 0) is 96.1 Å². The van der Waals surface area contributed by atoms with Crippen LogP contribution in [-0.2, 0) is 0 Å². The molecule has 0 fully saturated rings. The Balaban J connectivity index is 1.37. The molecule has 274 valence electrons. The zero-order valence-electron chi connectivity index (χ0n) is 31.9. The second kappa shape index (κ2) is 26.6. The molecule has 0 spiro atoms. The van der Waals surface area contributed by atoms with Gasteiger partial charge in [0.05, 0.1) is 0 Å². The predicted octanol–water partition coefficient (Wildman–Crippen LogP) is 13.5. The van der Waals surface area contributed by atoms with Gasteiger partial charge in [-0.15, -0.1) is 0 Å². The Morgan fingerprint density at radius 2 is 0.688 bits per heavy atom. The van der Waals surface area contributed by atoms with Crippen LogP contribution in [0.1, 0.15) is 180 Å². The Morgan fingerprint density at radius 3 is 0.958 bits per heavy atom. The number of hydrogen-bond donors (Lipinski definition) is 2. The lowest BCUT2D eigenvalue weighted by atomic mass is 10.0. The van der Waals surface area contributed by atoms with Gasteiger partial charge in [0, 0.05) is 60.6 Å². The number of halogens is 2. The first-order valence-corrected chi connectivity index (χ1v) is 21.8. The second-order valence-corrected chi connectivity index (χ2v) is 17.6. The third kappa shape index (κ3) is 21.2. The summed E-state index contributed by atoms with van der Waals surface area (Å²) in [6.07, 6.45) is 35.7. The number of anilines is 2. The largest absolute Gasteiger partial charge is 0.382 e. The lowest BCUT2D eigenvalue weighted by molar-refractivity contribution is -0.698. The van der Waals surface area contributed by atoms with Gasteiger partial charge in [0.15, 0.2) is 24.8 Å². The summed E-state index contributed by atoms with van der Waals surface area (Å²) in [5.41, 5.74) is 2.45. The van der Waals surface area contributed by atoms with E-state index in [4.69, 9.17) is 0 Å². The van der Waals surface area contributed by atoms with Crippen LogP contribution < -0.4 is 19.8 Å². The van der Waals surface area contributed by atoms with E-state index < -0.39 is 0 Å². The molecular formula is C42H74Br2N4+2. The van der Waals surface area contributed by atoms with E-state index in [9.17, 15) is 0 Å². The fraction of sp³-hybridized carbons (Fsp3) is 0.762. The van der Waals surface area contributed by atoms with Crippen LogP contribution in [0.5, 0.6) is 0 Å². The first-order chi connectivity index (χ1) is 23.1. The maximum atomic E-state index is 3.91. The van der Waals surface area contributed by atoms with Crippen LogP contribution in [0.4, 0.5) is 11.4 Å². The molecule has 0 aromatic carbocycles. The molecule has 0 aliphatic rings. The van der Waals surface area contributed by atoms with Crippen molar-refractivity contribution < 1.29 is 9.13 Å². The molecule has 2 rings (SSSR count). The number of nitrogens with zero attached hydrogens (tertiary/aromatic N) is 2. The van der Waals surface area contributed by atoms with Gasteiger partial charge >= 0.3 is 0 Å². The molecule has 0 aliphatic carbocycles. The van der Waals surface area contributed by atoms with Crippen LogP contribution in [0.2, 0.25) is 0 Å². The predicted molar refractivity (Wildman–Crippen MR) is 217 cm³/mol. The summed E-state index contributed by atoms with van der Waals surface area (Å²) in [5, 5.41) is 7.29. The van der Waals surface area contributed by atoms with E-state index in [-0.39, 0.29) is 0 Å². The zero-order valence-corrected chi connectivity index (χ0v) is 35.0. The van der Waals surface area contributed by atoms with Crippen LogP contribution in [0, 0.1) is 11.8 Å². The maximum Gasteiger partial charge on any atom is 0.211 e. The van der Waals surface area contributed by atoms with Crippen molar-refractivity contribution in [3.63, 3.8) is 0 Å². The monoisotopic (exact) mass is 792 g/mol. The van der Waals surface area contributed by atoms with Gasteiger partial charge in [-0.25, -0.2) is 0 Å². The van der Waals surface area contributed by atoms with Crippen molar-refractivity contribution >= 4 is 43.2 Å². The number of aromatic nitrogens is 2. The van der Waals surface area contributed by atoms with Gasteiger partial charge in [0.25, 0.3) is 0 Å². The number of rotatable bonds is 29. The van der Waals surface area contributed by atoms with E-state index in [1.165, 1.54) is 140 Å². The molecule has 0 amide bonds. The molecule has 0 aliphatic heterocycles. The molecule has 2 N–H and O–H groups in total. The Labute approximate surface area is 314 Å². The average Bonchev–Trinajstić information content (AvgIpc) is 3.06. The number of hydrogen-bond acceptors (Lipinski definition) is 2. The number of alkyl halides is 2. The van der Waals surface area contributed by atoms with Crippen molar-refractivity contribution in [3.05, 3.63) is 49.1 Å². The van der Waals surface area contributed by atoms with Gasteiger partial charge < -0.3 is 10.6 Å². The number of pyridine rings is 2. The van der Waals surface area contributed by atoms with Crippen LogP contribution >= 0.6 is 31.9 Å². The van der Waals surface area contributed by atoms with Crippen LogP contribution in [-0.4, -0.2) is 12.1 Å². The molecule has 4 nitrogen and oxygen atoms in total. The molecule has 0 radical (unpaired) electrons. The summed E-state index contributed by atoms with van der Waals surface area (Å²) in [6.45, 7) is 13.8. The Bertz CT molecular complexity index is 943. The highest BCUT2D eigenvalue weighted by molar-refractivity contribution is 9.09. The minimum Gasteiger partial charge on any atom is -0.382 e. The molecule has 4 atom stereocenters. The van der Waals surface area contributed by atoms with Crippen molar-refractivity contribution in [1.29, 1.82) is 0 Å². The fourth-order valence-electron chi connectivity index (χ4n) is 6.37. The van der Waals surface area contributed by atoms with Gasteiger partial charge in [0.2, 0.25) is 9.90 Å². The highest BCUT2D eigenvalue weighted by Crippen LogP contribution is 2.21. The van der Waals surface area contributed by atoms with Crippen molar-refractivity contribution in [3.8, 4) is 0 Å². The topological polar surface area (TPSA) is 31.8 Å². The average molecular weight is 795 g/mol. The molecule has 2 aromatic heterocycles. The maximum absolute atomic E-state index is 3.91. The van der Waals surface area contributed by atoms with Gasteiger partial charge in [-0.3, -0.25) is 0 Å².